The number of carbonyl (C=O) groups is 1. The number of aromatic carboxylic acids is 1. The van der Waals surface area contributed by atoms with E-state index in [9.17, 15) is 9.90 Å². The van der Waals surface area contributed by atoms with Gasteiger partial charge in [0, 0.05) is 53.9 Å². The number of hydrogen-bond acceptors (Lipinski definition) is 7. The third-order valence-electron chi connectivity index (χ3n) is 5.25. The lowest BCUT2D eigenvalue weighted by Gasteiger charge is -2.20. The Hall–Kier alpha value is -3.30. The second kappa shape index (κ2) is 11.2. The number of aromatic nitrogens is 2. The zero-order valence-corrected chi connectivity index (χ0v) is 21.2. The Balaban J connectivity index is 2.15. The van der Waals surface area contributed by atoms with Gasteiger partial charge in [-0.15, -0.1) is 0 Å². The summed E-state index contributed by atoms with van der Waals surface area (Å²) in [6.07, 6.45) is 1.69. The molecule has 2 heterocycles. The lowest BCUT2D eigenvalue weighted by molar-refractivity contribution is 0.0690. The minimum absolute atomic E-state index is 0.105. The summed E-state index contributed by atoms with van der Waals surface area (Å²) in [5.74, 6) is -0.175. The molecular weight excluding hydrogens is 498 g/mol. The number of halogens is 1. The number of nitrogens with zero attached hydrogens (tertiary/aromatic N) is 3. The van der Waals surface area contributed by atoms with Crippen molar-refractivity contribution in [2.45, 2.75) is 13.8 Å². The number of methoxy groups -OCH3 is 1. The molecule has 0 aliphatic heterocycles. The number of carboxylic acid groups (broad SMARTS) is 1. The molecule has 0 unspecified atom stereocenters. The summed E-state index contributed by atoms with van der Waals surface area (Å²) in [5.41, 5.74) is 2.78. The van der Waals surface area contributed by atoms with Crippen molar-refractivity contribution >= 4 is 44.9 Å². The van der Waals surface area contributed by atoms with Gasteiger partial charge in [-0.1, -0.05) is 35.8 Å². The van der Waals surface area contributed by atoms with Crippen molar-refractivity contribution < 1.29 is 14.6 Å². The Morgan fingerprint density at radius 3 is 2.62 bits per heavy atom. The quantitative estimate of drug-likeness (QED) is 0.301. The first-order valence-electron chi connectivity index (χ1n) is 10.8. The molecule has 0 saturated carbocycles. The number of anilines is 3. The van der Waals surface area contributed by atoms with Gasteiger partial charge in [0.25, 0.3) is 0 Å². The van der Waals surface area contributed by atoms with Crippen molar-refractivity contribution in [3.8, 4) is 11.1 Å². The molecule has 8 nitrogen and oxygen atoms in total. The van der Waals surface area contributed by atoms with Gasteiger partial charge in [-0.2, -0.15) is 0 Å². The third-order valence-corrected chi connectivity index (χ3v) is 5.75. The number of pyridine rings is 2. The highest BCUT2D eigenvalue weighted by molar-refractivity contribution is 9.10. The van der Waals surface area contributed by atoms with Crippen molar-refractivity contribution in [3.05, 3.63) is 64.4 Å². The van der Waals surface area contributed by atoms with Gasteiger partial charge in [0.2, 0.25) is 0 Å². The lowest BCUT2D eigenvalue weighted by Crippen LogP contribution is -2.22. The molecule has 9 heteroatoms. The Morgan fingerprint density at radius 2 is 2.03 bits per heavy atom. The van der Waals surface area contributed by atoms with Crippen LogP contribution >= 0.6 is 15.9 Å². The van der Waals surface area contributed by atoms with Crippen LogP contribution in [0.5, 0.6) is 0 Å². The standard InChI is InChI=1S/C25H28BrN5O3/c1-15(2)23(27)22-19(16-8-9-21(28-14-16)31(3)10-11-34-4)13-20(25(32)33)30-24(22)29-18-7-5-6-17(26)12-18/h5-9,12-15,27H,10-11H2,1-4H3,(H,29,30)(H,32,33). The van der Waals surface area contributed by atoms with E-state index in [2.05, 4.69) is 31.2 Å². The summed E-state index contributed by atoms with van der Waals surface area (Å²) in [5, 5.41) is 21.8. The minimum Gasteiger partial charge on any atom is -0.477 e. The summed E-state index contributed by atoms with van der Waals surface area (Å²) >= 11 is 3.45. The fourth-order valence-electron chi connectivity index (χ4n) is 3.35. The van der Waals surface area contributed by atoms with E-state index in [1.807, 2.05) is 62.2 Å². The van der Waals surface area contributed by atoms with Crippen LogP contribution in [-0.4, -0.2) is 54.1 Å². The molecule has 1 aromatic carbocycles. The smallest absolute Gasteiger partial charge is 0.354 e. The number of ether oxygens (including phenoxy) is 1. The average Bonchev–Trinajstić information content (AvgIpc) is 2.81. The molecule has 3 N–H and O–H groups in total. The number of hydrogen-bond donors (Lipinski definition) is 3. The van der Waals surface area contributed by atoms with Gasteiger partial charge < -0.3 is 25.5 Å². The van der Waals surface area contributed by atoms with Gasteiger partial charge in [-0.25, -0.2) is 14.8 Å². The molecule has 3 rings (SSSR count). The van der Waals surface area contributed by atoms with Gasteiger partial charge in [-0.05, 0) is 47.9 Å². The van der Waals surface area contributed by atoms with E-state index in [0.29, 0.717) is 41.4 Å². The average molecular weight is 526 g/mol. The first-order chi connectivity index (χ1) is 16.2. The van der Waals surface area contributed by atoms with Crippen molar-refractivity contribution in [1.82, 2.24) is 9.97 Å². The lowest BCUT2D eigenvalue weighted by atomic mass is 9.92. The fourth-order valence-corrected chi connectivity index (χ4v) is 3.75. The molecule has 0 aliphatic carbocycles. The fraction of sp³-hybridized carbons (Fsp3) is 0.280. The normalized spacial score (nSPS) is 10.9. The molecule has 0 aliphatic rings. The summed E-state index contributed by atoms with van der Waals surface area (Å²) in [6.45, 7) is 5.11. The monoisotopic (exact) mass is 525 g/mol. The third kappa shape index (κ3) is 5.98. The summed E-state index contributed by atoms with van der Waals surface area (Å²) in [4.78, 5) is 22.8. The zero-order chi connectivity index (χ0) is 24.8. The van der Waals surface area contributed by atoms with Gasteiger partial charge >= 0.3 is 5.97 Å². The minimum atomic E-state index is -1.15. The maximum absolute atomic E-state index is 11.9. The van der Waals surface area contributed by atoms with E-state index in [-0.39, 0.29) is 11.6 Å². The second-order valence-electron chi connectivity index (χ2n) is 8.11. The molecule has 34 heavy (non-hydrogen) atoms. The Labute approximate surface area is 207 Å². The van der Waals surface area contributed by atoms with Crippen molar-refractivity contribution in [2.75, 3.05) is 37.5 Å². The highest BCUT2D eigenvalue weighted by atomic mass is 79.9. The topological polar surface area (TPSA) is 111 Å². The van der Waals surface area contributed by atoms with Gasteiger partial charge in [0.1, 0.15) is 11.6 Å². The van der Waals surface area contributed by atoms with Crippen molar-refractivity contribution in [1.29, 1.82) is 5.41 Å². The van der Waals surface area contributed by atoms with Crippen LogP contribution in [0, 0.1) is 11.3 Å². The Morgan fingerprint density at radius 1 is 1.26 bits per heavy atom. The Kier molecular flexibility index (Phi) is 8.36. The molecular formula is C25H28BrN5O3. The maximum Gasteiger partial charge on any atom is 0.354 e. The van der Waals surface area contributed by atoms with Crippen molar-refractivity contribution in [2.24, 2.45) is 5.92 Å². The highest BCUT2D eigenvalue weighted by Crippen LogP contribution is 2.33. The van der Waals surface area contributed by atoms with Gasteiger partial charge in [0.05, 0.1) is 6.61 Å². The van der Waals surface area contributed by atoms with E-state index in [4.69, 9.17) is 10.1 Å². The summed E-state index contributed by atoms with van der Waals surface area (Å²) < 4.78 is 6.00. The van der Waals surface area contributed by atoms with E-state index < -0.39 is 5.97 Å². The molecule has 0 spiro atoms. The van der Waals surface area contributed by atoms with Crippen LogP contribution in [0.15, 0.2) is 53.1 Å². The second-order valence-corrected chi connectivity index (χ2v) is 9.02. The molecule has 0 amide bonds. The molecule has 178 valence electrons. The highest BCUT2D eigenvalue weighted by Gasteiger charge is 2.23. The Bertz CT molecular complexity index is 1180. The molecule has 2 aromatic heterocycles. The number of nitrogens with one attached hydrogen (secondary N) is 2. The van der Waals surface area contributed by atoms with E-state index in [1.165, 1.54) is 6.07 Å². The summed E-state index contributed by atoms with van der Waals surface area (Å²) in [7, 11) is 3.58. The summed E-state index contributed by atoms with van der Waals surface area (Å²) in [6, 6.07) is 12.7. The predicted octanol–water partition coefficient (Wildman–Crippen LogP) is 5.45. The van der Waals surface area contributed by atoms with Crippen LogP contribution < -0.4 is 10.2 Å². The molecule has 3 aromatic rings. The molecule has 0 saturated heterocycles. The largest absolute Gasteiger partial charge is 0.477 e. The zero-order valence-electron chi connectivity index (χ0n) is 19.6. The van der Waals surface area contributed by atoms with E-state index in [1.54, 1.807) is 13.3 Å². The number of rotatable bonds is 10. The van der Waals surface area contributed by atoms with Crippen LogP contribution in [0.25, 0.3) is 11.1 Å². The van der Waals surface area contributed by atoms with Crippen LogP contribution in [0.1, 0.15) is 29.9 Å². The van der Waals surface area contributed by atoms with E-state index >= 15 is 0 Å². The van der Waals surface area contributed by atoms with Crippen LogP contribution in [0.4, 0.5) is 17.3 Å². The number of carboxylic acids is 1. The first kappa shape index (κ1) is 25.3. The number of likely N-dealkylation sites (N-methyl/N-ethyl adjacent to an activating group) is 1. The molecule has 0 radical (unpaired) electrons. The van der Waals surface area contributed by atoms with Crippen LogP contribution in [-0.2, 0) is 4.74 Å². The van der Waals surface area contributed by atoms with E-state index in [0.717, 1.165) is 16.0 Å². The molecule has 0 fully saturated rings. The maximum atomic E-state index is 11.9. The number of benzene rings is 1. The first-order valence-corrected chi connectivity index (χ1v) is 11.6. The van der Waals surface area contributed by atoms with Crippen LogP contribution in [0.2, 0.25) is 0 Å². The van der Waals surface area contributed by atoms with Crippen LogP contribution in [0.3, 0.4) is 0 Å². The molecule has 0 bridgehead atoms. The predicted molar refractivity (Wildman–Crippen MR) is 139 cm³/mol. The van der Waals surface area contributed by atoms with Gasteiger partial charge in [0.15, 0.2) is 5.69 Å². The van der Waals surface area contributed by atoms with Crippen molar-refractivity contribution in [3.63, 3.8) is 0 Å². The van der Waals surface area contributed by atoms with Gasteiger partial charge in [-0.3, -0.25) is 0 Å². The molecule has 0 atom stereocenters. The SMILES string of the molecule is COCCN(C)c1ccc(-c2cc(C(=O)O)nc(Nc3cccc(Br)c3)c2C(=N)C(C)C)cn1.